The van der Waals surface area contributed by atoms with Crippen LogP contribution in [-0.2, 0) is 10.5 Å². The first-order valence-corrected chi connectivity index (χ1v) is 10.5. The number of ether oxygens (including phenoxy) is 1. The van der Waals surface area contributed by atoms with Crippen molar-refractivity contribution in [1.82, 2.24) is 9.97 Å². The second-order valence-electron chi connectivity index (χ2n) is 5.38. The lowest BCUT2D eigenvalue weighted by molar-refractivity contribution is 0.0491. The number of thiophene rings is 1. The molecule has 8 heteroatoms. The maximum Gasteiger partial charge on any atom is 0.374 e. The molecule has 1 aromatic carbocycles. The van der Waals surface area contributed by atoms with Crippen LogP contribution < -0.4 is 0 Å². The molecule has 5 nitrogen and oxygen atoms in total. The molecule has 0 unspecified atom stereocenters. The normalized spacial score (nSPS) is 11.3. The molecule has 0 aliphatic heterocycles. The Bertz CT molecular complexity index is 1110. The summed E-state index contributed by atoms with van der Waals surface area (Å²) in [6, 6.07) is 7.70. The average Bonchev–Trinajstić information content (AvgIpc) is 3.24. The van der Waals surface area contributed by atoms with E-state index in [0.29, 0.717) is 17.9 Å². The van der Waals surface area contributed by atoms with Gasteiger partial charge in [0.2, 0.25) is 5.76 Å². The van der Waals surface area contributed by atoms with Crippen molar-refractivity contribution in [3.05, 3.63) is 51.8 Å². The fourth-order valence-corrected chi connectivity index (χ4v) is 4.82. The Labute approximate surface area is 165 Å². The van der Waals surface area contributed by atoms with Gasteiger partial charge in [-0.05, 0) is 36.6 Å². The molecule has 132 valence electrons. The highest BCUT2D eigenvalue weighted by Gasteiger charge is 2.22. The van der Waals surface area contributed by atoms with Gasteiger partial charge in [-0.2, -0.15) is 0 Å². The zero-order valence-corrected chi connectivity index (χ0v) is 16.9. The van der Waals surface area contributed by atoms with E-state index in [9.17, 15) is 4.79 Å². The Hall–Kier alpha value is -1.90. The van der Waals surface area contributed by atoms with Crippen molar-refractivity contribution >= 4 is 66.2 Å². The van der Waals surface area contributed by atoms with E-state index in [4.69, 9.17) is 9.15 Å². The molecule has 4 aromatic rings. The van der Waals surface area contributed by atoms with Crippen molar-refractivity contribution in [2.75, 3.05) is 6.61 Å². The number of halogens is 1. The minimum atomic E-state index is -0.446. The van der Waals surface area contributed by atoms with E-state index >= 15 is 0 Å². The Balaban J connectivity index is 1.74. The highest BCUT2D eigenvalue weighted by atomic mass is 79.9. The van der Waals surface area contributed by atoms with Gasteiger partial charge >= 0.3 is 5.97 Å². The third kappa shape index (κ3) is 3.24. The van der Waals surface area contributed by atoms with Gasteiger partial charge in [-0.25, -0.2) is 14.8 Å². The summed E-state index contributed by atoms with van der Waals surface area (Å²) in [4.78, 5) is 22.0. The maximum absolute atomic E-state index is 12.3. The number of rotatable bonds is 5. The van der Waals surface area contributed by atoms with Gasteiger partial charge in [-0.3, -0.25) is 0 Å². The van der Waals surface area contributed by atoms with Crippen molar-refractivity contribution < 1.29 is 13.9 Å². The third-order valence-corrected chi connectivity index (χ3v) is 6.14. The molecule has 0 bridgehead atoms. The number of benzene rings is 1. The fourth-order valence-electron chi connectivity index (χ4n) is 2.65. The van der Waals surface area contributed by atoms with E-state index in [1.165, 1.54) is 0 Å². The van der Waals surface area contributed by atoms with Crippen molar-refractivity contribution in [2.45, 2.75) is 17.7 Å². The monoisotopic (exact) mass is 448 g/mol. The van der Waals surface area contributed by atoms with Crippen molar-refractivity contribution in [3.63, 3.8) is 0 Å². The summed E-state index contributed by atoms with van der Waals surface area (Å²) >= 11 is 6.62. The van der Waals surface area contributed by atoms with Crippen molar-refractivity contribution in [3.8, 4) is 0 Å². The van der Waals surface area contributed by atoms with Crippen LogP contribution >= 0.6 is 39.0 Å². The molecule has 0 amide bonds. The highest BCUT2D eigenvalue weighted by Crippen LogP contribution is 2.35. The Morgan fingerprint density at radius 1 is 1.31 bits per heavy atom. The predicted octanol–water partition coefficient (Wildman–Crippen LogP) is 5.67. The standard InChI is InChI=1S/C18H13BrN2O3S2/c1-2-23-18(22)15-13(12-7-10(19)3-4-14(12)24-15)8-26-17-11-5-6-25-16(11)20-9-21-17/h3-7,9H,2,8H2,1H3. The third-order valence-electron chi connectivity index (χ3n) is 3.79. The van der Waals surface area contributed by atoms with E-state index < -0.39 is 5.97 Å². The van der Waals surface area contributed by atoms with Crippen LogP contribution in [0.1, 0.15) is 23.0 Å². The molecule has 3 heterocycles. The second-order valence-corrected chi connectivity index (χ2v) is 8.15. The number of hydrogen-bond acceptors (Lipinski definition) is 7. The molecular weight excluding hydrogens is 436 g/mol. The van der Waals surface area contributed by atoms with Gasteiger partial charge in [-0.15, -0.1) is 23.1 Å². The molecule has 3 aromatic heterocycles. The highest BCUT2D eigenvalue weighted by molar-refractivity contribution is 9.10. The molecule has 0 N–H and O–H groups in total. The zero-order chi connectivity index (χ0) is 18.1. The van der Waals surface area contributed by atoms with Crippen LogP contribution in [0.4, 0.5) is 0 Å². The zero-order valence-electron chi connectivity index (χ0n) is 13.7. The number of thioether (sulfide) groups is 1. The number of nitrogens with zero attached hydrogens (tertiary/aromatic N) is 2. The Morgan fingerprint density at radius 3 is 3.04 bits per heavy atom. The summed E-state index contributed by atoms with van der Waals surface area (Å²) in [5, 5.41) is 4.80. The number of esters is 1. The number of furan rings is 1. The molecule has 0 aliphatic carbocycles. The quantitative estimate of drug-likeness (QED) is 0.222. The molecule has 0 spiro atoms. The number of carbonyl (C=O) groups is 1. The summed E-state index contributed by atoms with van der Waals surface area (Å²) in [5.41, 5.74) is 1.47. The molecule has 0 saturated heterocycles. The smallest absolute Gasteiger partial charge is 0.374 e. The minimum Gasteiger partial charge on any atom is -0.460 e. The Kier molecular flexibility index (Phi) is 4.97. The molecule has 4 rings (SSSR count). The van der Waals surface area contributed by atoms with Crippen LogP contribution in [-0.4, -0.2) is 22.5 Å². The molecule has 0 aliphatic rings. The molecule has 26 heavy (non-hydrogen) atoms. The average molecular weight is 449 g/mol. The summed E-state index contributed by atoms with van der Waals surface area (Å²) in [6.45, 7) is 2.08. The van der Waals surface area contributed by atoms with Gasteiger partial charge in [0.25, 0.3) is 0 Å². The van der Waals surface area contributed by atoms with Gasteiger partial charge in [0.05, 0.1) is 6.61 Å². The van der Waals surface area contributed by atoms with Crippen molar-refractivity contribution in [1.29, 1.82) is 0 Å². The summed E-state index contributed by atoms with van der Waals surface area (Å²) in [6.07, 6.45) is 1.57. The van der Waals surface area contributed by atoms with Crippen LogP contribution in [0, 0.1) is 0 Å². The van der Waals surface area contributed by atoms with E-state index in [2.05, 4.69) is 25.9 Å². The summed E-state index contributed by atoms with van der Waals surface area (Å²) in [5.74, 6) is 0.349. The van der Waals surface area contributed by atoms with Gasteiger partial charge in [0, 0.05) is 26.6 Å². The lowest BCUT2D eigenvalue weighted by atomic mass is 10.1. The summed E-state index contributed by atoms with van der Waals surface area (Å²) < 4.78 is 11.9. The number of hydrogen-bond donors (Lipinski definition) is 0. The number of aromatic nitrogens is 2. The minimum absolute atomic E-state index is 0.253. The van der Waals surface area contributed by atoms with Gasteiger partial charge in [0.1, 0.15) is 21.8 Å². The predicted molar refractivity (Wildman–Crippen MR) is 107 cm³/mol. The first-order chi connectivity index (χ1) is 12.7. The molecule has 0 radical (unpaired) electrons. The van der Waals surface area contributed by atoms with E-state index in [0.717, 1.165) is 30.7 Å². The van der Waals surface area contributed by atoms with E-state index in [1.807, 2.05) is 29.6 Å². The van der Waals surface area contributed by atoms with Gasteiger partial charge < -0.3 is 9.15 Å². The van der Waals surface area contributed by atoms with Crippen LogP contribution in [0.25, 0.3) is 21.2 Å². The number of carbonyl (C=O) groups excluding carboxylic acids is 1. The molecule has 0 atom stereocenters. The van der Waals surface area contributed by atoms with E-state index in [1.54, 1.807) is 36.3 Å². The molecule has 0 fully saturated rings. The van der Waals surface area contributed by atoms with Crippen LogP contribution in [0.2, 0.25) is 0 Å². The van der Waals surface area contributed by atoms with Crippen LogP contribution in [0.5, 0.6) is 0 Å². The number of fused-ring (bicyclic) bond motifs is 2. The first kappa shape index (κ1) is 17.5. The topological polar surface area (TPSA) is 65.2 Å². The van der Waals surface area contributed by atoms with E-state index in [-0.39, 0.29) is 5.76 Å². The molecular formula is C18H13BrN2O3S2. The summed E-state index contributed by atoms with van der Waals surface area (Å²) in [7, 11) is 0. The lowest BCUT2D eigenvalue weighted by Crippen LogP contribution is -2.05. The van der Waals surface area contributed by atoms with Gasteiger partial charge in [0.15, 0.2) is 0 Å². The lowest BCUT2D eigenvalue weighted by Gasteiger charge is -2.04. The second kappa shape index (κ2) is 7.38. The van der Waals surface area contributed by atoms with Crippen LogP contribution in [0.3, 0.4) is 0 Å². The SMILES string of the molecule is CCOC(=O)c1oc2ccc(Br)cc2c1CSc1ncnc2sccc12. The maximum atomic E-state index is 12.3. The Morgan fingerprint density at radius 2 is 2.19 bits per heavy atom. The largest absolute Gasteiger partial charge is 0.460 e. The van der Waals surface area contributed by atoms with Crippen molar-refractivity contribution in [2.24, 2.45) is 0 Å². The van der Waals surface area contributed by atoms with Gasteiger partial charge in [-0.1, -0.05) is 15.9 Å². The van der Waals surface area contributed by atoms with Crippen LogP contribution in [0.15, 0.2) is 49.9 Å². The fraction of sp³-hybridized carbons (Fsp3) is 0.167. The first-order valence-electron chi connectivity index (χ1n) is 7.86. The molecule has 0 saturated carbocycles.